The number of likely N-dealkylation sites (tertiary alicyclic amines) is 1. The number of ketones is 1. The summed E-state index contributed by atoms with van der Waals surface area (Å²) in [4.78, 5) is 15.4. The summed E-state index contributed by atoms with van der Waals surface area (Å²) in [6.07, 6.45) is 3.65. The Morgan fingerprint density at radius 2 is 2.26 bits per heavy atom. The third-order valence-corrected chi connectivity index (χ3v) is 7.56. The van der Waals surface area contributed by atoms with E-state index < -0.39 is 0 Å². The van der Waals surface area contributed by atoms with Gasteiger partial charge in [-0.2, -0.15) is 0 Å². The Hall–Kier alpha value is -1.55. The Labute approximate surface area is 135 Å². The lowest BCUT2D eigenvalue weighted by Crippen LogP contribution is -2.66. The van der Waals surface area contributed by atoms with Crippen LogP contribution in [0.4, 0.5) is 0 Å². The number of likely N-dealkylation sites (N-methyl/N-ethyl adjacent to an activating group) is 1. The van der Waals surface area contributed by atoms with Crippen molar-refractivity contribution in [3.63, 3.8) is 0 Å². The smallest absolute Gasteiger partial charge is 0.174 e. The number of benzene rings is 1. The molecule has 4 heteroatoms. The summed E-state index contributed by atoms with van der Waals surface area (Å²) in [5.74, 6) is 2.55. The van der Waals surface area contributed by atoms with E-state index in [9.17, 15) is 4.79 Å². The molecule has 2 unspecified atom stereocenters. The Morgan fingerprint density at radius 1 is 1.39 bits per heavy atom. The summed E-state index contributed by atoms with van der Waals surface area (Å²) in [5.41, 5.74) is 2.97. The van der Waals surface area contributed by atoms with E-state index in [4.69, 9.17) is 9.47 Å². The minimum Gasteiger partial charge on any atom is -0.493 e. The van der Waals surface area contributed by atoms with E-state index in [2.05, 4.69) is 18.0 Å². The van der Waals surface area contributed by atoms with Crippen LogP contribution in [-0.4, -0.2) is 43.5 Å². The highest BCUT2D eigenvalue weighted by molar-refractivity contribution is 5.89. The third kappa shape index (κ3) is 1.13. The van der Waals surface area contributed by atoms with Crippen LogP contribution >= 0.6 is 0 Å². The lowest BCUT2D eigenvalue weighted by atomic mass is 9.40. The molecule has 6 aliphatic rings. The minimum absolute atomic E-state index is 0.0690. The maximum absolute atomic E-state index is 12.9. The second-order valence-corrected chi connectivity index (χ2v) is 8.34. The van der Waals surface area contributed by atoms with Crippen LogP contribution in [0.2, 0.25) is 0 Å². The van der Waals surface area contributed by atoms with Crippen LogP contribution in [0.3, 0.4) is 0 Å². The average Bonchev–Trinajstić information content (AvgIpc) is 2.93. The number of ether oxygens (including phenoxy) is 2. The van der Waals surface area contributed by atoms with Crippen LogP contribution < -0.4 is 9.47 Å². The van der Waals surface area contributed by atoms with Gasteiger partial charge in [-0.15, -0.1) is 0 Å². The zero-order valence-corrected chi connectivity index (χ0v) is 13.6. The highest BCUT2D eigenvalue weighted by Crippen LogP contribution is 2.76. The number of rotatable bonds is 1. The number of hydrogen-bond donors (Lipinski definition) is 0. The molecule has 3 saturated carbocycles. The van der Waals surface area contributed by atoms with Crippen LogP contribution in [0.15, 0.2) is 12.1 Å². The predicted octanol–water partition coefficient (Wildman–Crippen LogP) is 1.93. The zero-order chi connectivity index (χ0) is 15.6. The van der Waals surface area contributed by atoms with Crippen molar-refractivity contribution in [3.05, 3.63) is 23.3 Å². The van der Waals surface area contributed by atoms with Gasteiger partial charge in [-0.25, -0.2) is 0 Å². The Bertz CT molecular complexity index is 774. The van der Waals surface area contributed by atoms with Crippen molar-refractivity contribution in [2.24, 2.45) is 11.3 Å². The van der Waals surface area contributed by atoms with Crippen LogP contribution in [0.25, 0.3) is 0 Å². The maximum Gasteiger partial charge on any atom is 0.174 e. The molecule has 4 aliphatic carbocycles. The summed E-state index contributed by atoms with van der Waals surface area (Å²) >= 11 is 0. The van der Waals surface area contributed by atoms with Crippen molar-refractivity contribution in [1.29, 1.82) is 0 Å². The monoisotopic (exact) mass is 311 g/mol. The van der Waals surface area contributed by atoms with Gasteiger partial charge in [-0.1, -0.05) is 6.07 Å². The molecular weight excluding hydrogens is 290 g/mol. The van der Waals surface area contributed by atoms with Crippen molar-refractivity contribution in [2.45, 2.75) is 43.2 Å². The summed E-state index contributed by atoms with van der Waals surface area (Å²) in [5, 5.41) is 0. The van der Waals surface area contributed by atoms with E-state index in [-0.39, 0.29) is 11.5 Å². The molecule has 2 heterocycles. The highest BCUT2D eigenvalue weighted by Gasteiger charge is 2.79. The fourth-order valence-electron chi connectivity index (χ4n) is 7.09. The molecular formula is C19H21NO3. The average molecular weight is 311 g/mol. The van der Waals surface area contributed by atoms with Crippen LogP contribution in [0.1, 0.15) is 30.4 Å². The molecule has 0 aromatic heterocycles. The van der Waals surface area contributed by atoms with E-state index in [1.165, 1.54) is 11.1 Å². The van der Waals surface area contributed by atoms with Gasteiger partial charge in [0.05, 0.1) is 7.11 Å². The number of methoxy groups -OCH3 is 1. The summed E-state index contributed by atoms with van der Waals surface area (Å²) in [6.45, 7) is 1.14. The first-order valence-corrected chi connectivity index (χ1v) is 8.71. The normalized spacial score (nSPS) is 45.1. The zero-order valence-electron chi connectivity index (χ0n) is 13.6. The molecule has 4 fully saturated rings. The van der Waals surface area contributed by atoms with Gasteiger partial charge in [0, 0.05) is 30.0 Å². The molecule has 1 aromatic rings. The maximum atomic E-state index is 12.9. The fraction of sp³-hybridized carbons (Fsp3) is 0.632. The van der Waals surface area contributed by atoms with Crippen molar-refractivity contribution in [3.8, 4) is 11.5 Å². The van der Waals surface area contributed by atoms with Crippen molar-refractivity contribution in [2.75, 3.05) is 20.7 Å². The van der Waals surface area contributed by atoms with Crippen molar-refractivity contribution < 1.29 is 14.3 Å². The molecule has 2 bridgehead atoms. The van der Waals surface area contributed by atoms with Crippen LogP contribution in [-0.2, 0) is 16.6 Å². The Balaban J connectivity index is 1.68. The first kappa shape index (κ1) is 12.8. The fourth-order valence-corrected chi connectivity index (χ4v) is 7.09. The minimum atomic E-state index is -0.275. The van der Waals surface area contributed by atoms with Gasteiger partial charge < -0.3 is 14.4 Å². The van der Waals surface area contributed by atoms with Gasteiger partial charge >= 0.3 is 0 Å². The van der Waals surface area contributed by atoms with Gasteiger partial charge in [0.25, 0.3) is 0 Å². The molecule has 23 heavy (non-hydrogen) atoms. The standard InChI is InChI=1S/C19H21NO3/c1-20-9-18-6-5-12(21)17-19(8-18)14-10(7-11(20)16(18)19)3-4-13(22-2)15(14)23-17/h3-4,11,16-17H,5-9H2,1-2H3/t11-,16?,17+,18?,19-/m1/s1. The SMILES string of the molecule is COc1ccc2c3c1O[C@H]1C(=O)CCC45CN(C)[C@H](C2)C4[C@@]31C5. The molecule has 1 aromatic carbocycles. The number of fused-ring (bicyclic) bond motifs is 2. The van der Waals surface area contributed by atoms with E-state index >= 15 is 0 Å². The molecule has 5 atom stereocenters. The Kier molecular flexibility index (Phi) is 2.00. The number of carbonyl (C=O) groups is 1. The van der Waals surface area contributed by atoms with Gasteiger partial charge in [-0.3, -0.25) is 4.79 Å². The van der Waals surface area contributed by atoms with Gasteiger partial charge in [0.2, 0.25) is 0 Å². The summed E-state index contributed by atoms with van der Waals surface area (Å²) in [7, 11) is 3.96. The first-order valence-electron chi connectivity index (χ1n) is 8.71. The summed E-state index contributed by atoms with van der Waals surface area (Å²) < 4.78 is 11.9. The first-order chi connectivity index (χ1) is 11.1. The summed E-state index contributed by atoms with van der Waals surface area (Å²) in [6, 6.07) is 4.78. The molecule has 0 N–H and O–H groups in total. The molecule has 120 valence electrons. The second-order valence-electron chi connectivity index (χ2n) is 8.34. The lowest BCUT2D eigenvalue weighted by molar-refractivity contribution is -0.133. The molecule has 2 aliphatic heterocycles. The van der Waals surface area contributed by atoms with Gasteiger partial charge in [-0.05, 0) is 49.3 Å². The van der Waals surface area contributed by atoms with Crippen molar-refractivity contribution >= 4 is 5.78 Å². The molecule has 7 rings (SSSR count). The number of Topliss-reactive ketones (excluding diaryl/α,β-unsaturated/α-hetero) is 1. The van der Waals surface area contributed by atoms with Crippen LogP contribution in [0.5, 0.6) is 11.5 Å². The number of carbonyl (C=O) groups excluding carboxylic acids is 1. The van der Waals surface area contributed by atoms with E-state index in [1.54, 1.807) is 7.11 Å². The van der Waals surface area contributed by atoms with E-state index in [0.717, 1.165) is 37.3 Å². The Morgan fingerprint density at radius 3 is 3.09 bits per heavy atom. The number of hydrogen-bond acceptors (Lipinski definition) is 4. The molecule has 2 spiro atoms. The molecule has 1 saturated heterocycles. The van der Waals surface area contributed by atoms with Gasteiger partial charge in [0.1, 0.15) is 0 Å². The second kappa shape index (κ2) is 3.59. The van der Waals surface area contributed by atoms with E-state index in [1.807, 2.05) is 6.07 Å². The van der Waals surface area contributed by atoms with Crippen LogP contribution in [0, 0.1) is 11.3 Å². The molecule has 4 nitrogen and oxygen atoms in total. The molecule has 0 radical (unpaired) electrons. The topological polar surface area (TPSA) is 38.8 Å². The molecule has 0 amide bonds. The third-order valence-electron chi connectivity index (χ3n) is 7.56. The predicted molar refractivity (Wildman–Crippen MR) is 84.0 cm³/mol. The van der Waals surface area contributed by atoms with Crippen molar-refractivity contribution in [1.82, 2.24) is 4.90 Å². The van der Waals surface area contributed by atoms with Gasteiger partial charge in [0.15, 0.2) is 23.4 Å². The quantitative estimate of drug-likeness (QED) is 0.794. The highest BCUT2D eigenvalue weighted by atomic mass is 16.5. The number of nitrogens with zero attached hydrogens (tertiary/aromatic N) is 1. The largest absolute Gasteiger partial charge is 0.493 e. The van der Waals surface area contributed by atoms with E-state index in [0.29, 0.717) is 29.6 Å². The lowest BCUT2D eigenvalue weighted by Gasteiger charge is -2.61.